The van der Waals surface area contributed by atoms with Gasteiger partial charge in [-0.2, -0.15) is 0 Å². The maximum absolute atomic E-state index is 12.3. The molecule has 0 bridgehead atoms. The highest BCUT2D eigenvalue weighted by Gasteiger charge is 2.31. The zero-order valence-electron chi connectivity index (χ0n) is 13.3. The SMILES string of the molecule is C[C@H]1Oc2ccccc2N(CCC(=O)NC[C@@H]2CCOC2)C1=O. The van der Waals surface area contributed by atoms with Crippen LogP contribution in [0.2, 0.25) is 0 Å². The third-order valence-electron chi connectivity index (χ3n) is 4.25. The Bertz CT molecular complexity index is 584. The number of para-hydroxylation sites is 2. The lowest BCUT2D eigenvalue weighted by molar-refractivity contribution is -0.125. The predicted octanol–water partition coefficient (Wildman–Crippen LogP) is 1.34. The number of benzene rings is 1. The van der Waals surface area contributed by atoms with E-state index in [9.17, 15) is 9.59 Å². The Morgan fingerprint density at radius 3 is 3.00 bits per heavy atom. The molecule has 0 radical (unpaired) electrons. The summed E-state index contributed by atoms with van der Waals surface area (Å²) in [5, 5.41) is 2.93. The van der Waals surface area contributed by atoms with Crippen LogP contribution >= 0.6 is 0 Å². The van der Waals surface area contributed by atoms with Gasteiger partial charge in [0.15, 0.2) is 6.10 Å². The van der Waals surface area contributed by atoms with Crippen LogP contribution in [0.4, 0.5) is 5.69 Å². The number of hydrogen-bond donors (Lipinski definition) is 1. The molecule has 0 unspecified atom stereocenters. The third kappa shape index (κ3) is 3.64. The molecule has 1 aromatic rings. The number of anilines is 1. The van der Waals surface area contributed by atoms with Crippen LogP contribution in [-0.4, -0.2) is 44.2 Å². The van der Waals surface area contributed by atoms with Crippen LogP contribution in [0.3, 0.4) is 0 Å². The van der Waals surface area contributed by atoms with Crippen molar-refractivity contribution in [2.24, 2.45) is 5.92 Å². The molecular weight excluding hydrogens is 296 g/mol. The van der Waals surface area contributed by atoms with Gasteiger partial charge < -0.3 is 19.7 Å². The standard InChI is InChI=1S/C17H22N2O4/c1-12-17(21)19(14-4-2-3-5-15(14)23-12)8-6-16(20)18-10-13-7-9-22-11-13/h2-5,12-13H,6-11H2,1H3,(H,18,20)/t12-,13+/m1/s1. The van der Waals surface area contributed by atoms with E-state index < -0.39 is 6.10 Å². The smallest absolute Gasteiger partial charge is 0.267 e. The van der Waals surface area contributed by atoms with E-state index in [0.29, 0.717) is 31.4 Å². The zero-order valence-corrected chi connectivity index (χ0v) is 13.3. The van der Waals surface area contributed by atoms with Gasteiger partial charge in [-0.25, -0.2) is 0 Å². The zero-order chi connectivity index (χ0) is 16.2. The summed E-state index contributed by atoms with van der Waals surface area (Å²) in [5.41, 5.74) is 0.729. The first kappa shape index (κ1) is 15.8. The molecule has 2 aliphatic heterocycles. The number of nitrogens with zero attached hydrogens (tertiary/aromatic N) is 1. The number of amides is 2. The van der Waals surface area contributed by atoms with Gasteiger partial charge in [-0.05, 0) is 25.5 Å². The molecule has 1 saturated heterocycles. The Hall–Kier alpha value is -2.08. The topological polar surface area (TPSA) is 67.9 Å². The molecule has 1 aromatic carbocycles. The number of fused-ring (bicyclic) bond motifs is 1. The van der Waals surface area contributed by atoms with E-state index in [2.05, 4.69) is 5.32 Å². The first-order valence-corrected chi connectivity index (χ1v) is 8.06. The number of carbonyl (C=O) groups excluding carboxylic acids is 2. The van der Waals surface area contributed by atoms with E-state index in [-0.39, 0.29) is 18.2 Å². The second-order valence-corrected chi connectivity index (χ2v) is 6.00. The molecule has 1 N–H and O–H groups in total. The second-order valence-electron chi connectivity index (χ2n) is 6.00. The molecule has 6 nitrogen and oxygen atoms in total. The van der Waals surface area contributed by atoms with E-state index in [1.165, 1.54) is 0 Å². The lowest BCUT2D eigenvalue weighted by Crippen LogP contribution is -2.46. The highest BCUT2D eigenvalue weighted by Crippen LogP contribution is 2.33. The molecule has 2 amide bonds. The number of ether oxygens (including phenoxy) is 2. The minimum Gasteiger partial charge on any atom is -0.479 e. The predicted molar refractivity (Wildman–Crippen MR) is 85.4 cm³/mol. The van der Waals surface area contributed by atoms with Gasteiger partial charge in [0.2, 0.25) is 5.91 Å². The van der Waals surface area contributed by atoms with E-state index in [4.69, 9.17) is 9.47 Å². The normalized spacial score (nSPS) is 23.3. The van der Waals surface area contributed by atoms with Gasteiger partial charge in [-0.15, -0.1) is 0 Å². The first-order chi connectivity index (χ1) is 11.1. The molecule has 2 heterocycles. The van der Waals surface area contributed by atoms with E-state index in [1.54, 1.807) is 11.8 Å². The summed E-state index contributed by atoms with van der Waals surface area (Å²) >= 11 is 0. The fourth-order valence-electron chi connectivity index (χ4n) is 2.89. The monoisotopic (exact) mass is 318 g/mol. The van der Waals surface area contributed by atoms with Crippen molar-refractivity contribution in [2.75, 3.05) is 31.2 Å². The lowest BCUT2D eigenvalue weighted by Gasteiger charge is -2.32. The number of nitrogens with one attached hydrogen (secondary N) is 1. The molecule has 124 valence electrons. The number of hydrogen-bond acceptors (Lipinski definition) is 4. The van der Waals surface area contributed by atoms with Crippen LogP contribution in [0.5, 0.6) is 5.75 Å². The molecule has 0 saturated carbocycles. The third-order valence-corrected chi connectivity index (χ3v) is 4.25. The first-order valence-electron chi connectivity index (χ1n) is 8.06. The molecule has 23 heavy (non-hydrogen) atoms. The van der Waals surface area contributed by atoms with Crippen LogP contribution in [-0.2, 0) is 14.3 Å². The van der Waals surface area contributed by atoms with Crippen molar-refractivity contribution in [3.05, 3.63) is 24.3 Å². The summed E-state index contributed by atoms with van der Waals surface area (Å²) in [6, 6.07) is 7.41. The van der Waals surface area contributed by atoms with E-state index in [0.717, 1.165) is 18.7 Å². The van der Waals surface area contributed by atoms with Gasteiger partial charge in [0.05, 0.1) is 12.3 Å². The Morgan fingerprint density at radius 2 is 2.22 bits per heavy atom. The average molecular weight is 318 g/mol. The second kappa shape index (κ2) is 7.00. The summed E-state index contributed by atoms with van der Waals surface area (Å²) in [7, 11) is 0. The average Bonchev–Trinajstić information content (AvgIpc) is 3.07. The van der Waals surface area contributed by atoms with Gasteiger partial charge in [-0.3, -0.25) is 9.59 Å². The molecule has 1 fully saturated rings. The lowest BCUT2D eigenvalue weighted by atomic mass is 10.1. The Morgan fingerprint density at radius 1 is 1.39 bits per heavy atom. The largest absolute Gasteiger partial charge is 0.479 e. The van der Waals surface area contributed by atoms with Crippen molar-refractivity contribution in [3.63, 3.8) is 0 Å². The summed E-state index contributed by atoms with van der Waals surface area (Å²) in [5.74, 6) is 0.940. The molecule has 0 spiro atoms. The van der Waals surface area contributed by atoms with Crippen molar-refractivity contribution in [2.45, 2.75) is 25.9 Å². The van der Waals surface area contributed by atoms with Crippen molar-refractivity contribution >= 4 is 17.5 Å². The molecule has 0 aromatic heterocycles. The van der Waals surface area contributed by atoms with E-state index in [1.807, 2.05) is 24.3 Å². The Balaban J connectivity index is 1.56. The Kier molecular flexibility index (Phi) is 4.81. The van der Waals surface area contributed by atoms with Gasteiger partial charge in [0.25, 0.3) is 5.91 Å². The fourth-order valence-corrected chi connectivity index (χ4v) is 2.89. The molecule has 6 heteroatoms. The van der Waals surface area contributed by atoms with Gasteiger partial charge >= 0.3 is 0 Å². The van der Waals surface area contributed by atoms with Gasteiger partial charge in [-0.1, -0.05) is 12.1 Å². The van der Waals surface area contributed by atoms with Crippen LogP contribution in [0, 0.1) is 5.92 Å². The van der Waals surface area contributed by atoms with Crippen LogP contribution in [0.25, 0.3) is 0 Å². The highest BCUT2D eigenvalue weighted by molar-refractivity contribution is 6.00. The quantitative estimate of drug-likeness (QED) is 0.890. The van der Waals surface area contributed by atoms with Crippen LogP contribution in [0.1, 0.15) is 19.8 Å². The summed E-state index contributed by atoms with van der Waals surface area (Å²) in [6.45, 7) is 4.22. The van der Waals surface area contributed by atoms with Crippen molar-refractivity contribution in [1.29, 1.82) is 0 Å². The van der Waals surface area contributed by atoms with Gasteiger partial charge in [0, 0.05) is 32.0 Å². The summed E-state index contributed by atoms with van der Waals surface area (Å²) < 4.78 is 10.9. The van der Waals surface area contributed by atoms with Gasteiger partial charge in [0.1, 0.15) is 5.75 Å². The molecule has 0 aliphatic carbocycles. The Labute approximate surface area is 135 Å². The number of carbonyl (C=O) groups is 2. The van der Waals surface area contributed by atoms with Crippen molar-refractivity contribution in [3.8, 4) is 5.75 Å². The number of rotatable bonds is 5. The van der Waals surface area contributed by atoms with E-state index >= 15 is 0 Å². The minimum absolute atomic E-state index is 0.0404. The molecular formula is C17H22N2O4. The van der Waals surface area contributed by atoms with Crippen molar-refractivity contribution < 1.29 is 19.1 Å². The van der Waals surface area contributed by atoms with Crippen LogP contribution < -0.4 is 15.0 Å². The maximum Gasteiger partial charge on any atom is 0.267 e. The minimum atomic E-state index is -0.524. The molecule has 2 aliphatic rings. The molecule has 2 atom stereocenters. The highest BCUT2D eigenvalue weighted by atomic mass is 16.5. The molecule has 3 rings (SSSR count). The maximum atomic E-state index is 12.3. The summed E-state index contributed by atoms with van der Waals surface area (Å²) in [6.07, 6.45) is 0.747. The fraction of sp³-hybridized carbons (Fsp3) is 0.529. The van der Waals surface area contributed by atoms with Crippen LogP contribution in [0.15, 0.2) is 24.3 Å². The summed E-state index contributed by atoms with van der Waals surface area (Å²) in [4.78, 5) is 26.0. The van der Waals surface area contributed by atoms with Crippen molar-refractivity contribution in [1.82, 2.24) is 5.32 Å².